The van der Waals surface area contributed by atoms with Gasteiger partial charge >= 0.3 is 0 Å². The molecule has 0 saturated carbocycles. The van der Waals surface area contributed by atoms with Gasteiger partial charge in [0.05, 0.1) is 0 Å². The Balaban J connectivity index is 2.76. The molecule has 0 aliphatic rings. The average Bonchev–Trinajstić information content (AvgIpc) is 2.15. The summed E-state index contributed by atoms with van der Waals surface area (Å²) in [6.45, 7) is 6.07. The smallest absolute Gasteiger partial charge is 0.251 e. The van der Waals surface area contributed by atoms with Crippen molar-refractivity contribution in [2.24, 2.45) is 0 Å². The number of fused-ring (bicyclic) bond motifs is 1. The minimum absolute atomic E-state index is 0.0723. The molecular weight excluding hydrogens is 186 g/mol. The molecule has 1 aromatic carbocycles. The molecule has 1 heterocycles. The summed E-state index contributed by atoms with van der Waals surface area (Å²) in [5, 5.41) is 2.14. The molecule has 78 valence electrons. The van der Waals surface area contributed by atoms with Gasteiger partial charge in [0.1, 0.15) is 0 Å². The van der Waals surface area contributed by atoms with Crippen LogP contribution in [0.2, 0.25) is 0 Å². The lowest BCUT2D eigenvalue weighted by molar-refractivity contribution is 0.582. The summed E-state index contributed by atoms with van der Waals surface area (Å²) in [7, 11) is 0. The highest BCUT2D eigenvalue weighted by Gasteiger charge is 2.02. The summed E-state index contributed by atoms with van der Waals surface area (Å²) in [5.74, 6) is 0. The van der Waals surface area contributed by atoms with Crippen LogP contribution < -0.4 is 5.56 Å². The number of aromatic nitrogens is 1. The molecule has 1 aromatic heterocycles. The van der Waals surface area contributed by atoms with Crippen LogP contribution in [0, 0.1) is 6.92 Å². The van der Waals surface area contributed by atoms with Gasteiger partial charge in [0, 0.05) is 18.3 Å². The molecule has 15 heavy (non-hydrogen) atoms. The second-order valence-corrected chi connectivity index (χ2v) is 4.25. The Hall–Kier alpha value is -1.57. The van der Waals surface area contributed by atoms with Gasteiger partial charge in [-0.2, -0.15) is 0 Å². The van der Waals surface area contributed by atoms with Crippen molar-refractivity contribution < 1.29 is 0 Å². The third kappa shape index (κ3) is 1.80. The van der Waals surface area contributed by atoms with Crippen LogP contribution in [0.3, 0.4) is 0 Å². The van der Waals surface area contributed by atoms with Crippen molar-refractivity contribution in [2.75, 3.05) is 0 Å². The van der Waals surface area contributed by atoms with Crippen LogP contribution in [0.5, 0.6) is 0 Å². The maximum Gasteiger partial charge on any atom is 0.251 e. The predicted octanol–water partition coefficient (Wildman–Crippen LogP) is 2.89. The van der Waals surface area contributed by atoms with Crippen molar-refractivity contribution in [3.63, 3.8) is 0 Å². The lowest BCUT2D eigenvalue weighted by Crippen LogP contribution is -2.20. The molecular formula is C13H15NO. The second-order valence-electron chi connectivity index (χ2n) is 4.25. The molecule has 0 unspecified atom stereocenters. The van der Waals surface area contributed by atoms with Gasteiger partial charge in [0.15, 0.2) is 0 Å². The summed E-state index contributed by atoms with van der Waals surface area (Å²) in [4.78, 5) is 11.7. The third-order valence-electron chi connectivity index (χ3n) is 2.61. The number of nitrogens with zero attached hydrogens (tertiary/aromatic N) is 1. The highest BCUT2D eigenvalue weighted by molar-refractivity contribution is 5.82. The van der Waals surface area contributed by atoms with E-state index in [9.17, 15) is 4.79 Å². The standard InChI is InChI=1S/C13H15NO/c1-9(2)14-8-11-5-4-10(3)6-12(11)7-13(14)15/h4-9H,1-3H3. The molecule has 0 saturated heterocycles. The van der Waals surface area contributed by atoms with E-state index in [0.29, 0.717) is 0 Å². The van der Waals surface area contributed by atoms with E-state index in [1.165, 1.54) is 5.56 Å². The Labute approximate surface area is 89.2 Å². The zero-order valence-corrected chi connectivity index (χ0v) is 9.32. The normalized spacial score (nSPS) is 11.2. The van der Waals surface area contributed by atoms with Crippen LogP contribution in [0.25, 0.3) is 10.8 Å². The number of hydrogen-bond acceptors (Lipinski definition) is 1. The predicted molar refractivity (Wildman–Crippen MR) is 63.3 cm³/mol. The molecule has 0 bridgehead atoms. The van der Waals surface area contributed by atoms with Gasteiger partial charge in [-0.3, -0.25) is 4.79 Å². The van der Waals surface area contributed by atoms with Crippen molar-refractivity contribution in [1.82, 2.24) is 4.57 Å². The summed E-state index contributed by atoms with van der Waals surface area (Å²) in [6.07, 6.45) is 1.93. The minimum Gasteiger partial charge on any atom is -0.312 e. The van der Waals surface area contributed by atoms with E-state index >= 15 is 0 Å². The van der Waals surface area contributed by atoms with Gasteiger partial charge in [-0.25, -0.2) is 0 Å². The van der Waals surface area contributed by atoms with E-state index in [1.807, 2.05) is 33.0 Å². The van der Waals surface area contributed by atoms with Crippen molar-refractivity contribution in [3.05, 3.63) is 46.4 Å². The molecule has 0 N–H and O–H groups in total. The SMILES string of the molecule is Cc1ccc2cn(C(C)C)c(=O)cc2c1. The molecule has 0 aliphatic carbocycles. The van der Waals surface area contributed by atoms with Crippen LogP contribution in [0.4, 0.5) is 0 Å². The van der Waals surface area contributed by atoms with E-state index in [0.717, 1.165) is 10.8 Å². The Morgan fingerprint density at radius 1 is 1.13 bits per heavy atom. The molecule has 0 amide bonds. The second kappa shape index (κ2) is 3.54. The lowest BCUT2D eigenvalue weighted by atomic mass is 10.1. The zero-order chi connectivity index (χ0) is 11.0. The highest BCUT2D eigenvalue weighted by atomic mass is 16.1. The highest BCUT2D eigenvalue weighted by Crippen LogP contribution is 2.14. The lowest BCUT2D eigenvalue weighted by Gasteiger charge is -2.10. The van der Waals surface area contributed by atoms with E-state index in [1.54, 1.807) is 10.6 Å². The molecule has 0 fully saturated rings. The van der Waals surface area contributed by atoms with Crippen molar-refractivity contribution in [2.45, 2.75) is 26.8 Å². The largest absolute Gasteiger partial charge is 0.312 e. The van der Waals surface area contributed by atoms with Crippen molar-refractivity contribution in [1.29, 1.82) is 0 Å². The van der Waals surface area contributed by atoms with Gasteiger partial charge in [0.25, 0.3) is 5.56 Å². The van der Waals surface area contributed by atoms with Gasteiger partial charge in [-0.1, -0.05) is 23.8 Å². The quantitative estimate of drug-likeness (QED) is 0.695. The van der Waals surface area contributed by atoms with E-state index < -0.39 is 0 Å². The Kier molecular flexibility index (Phi) is 2.35. The van der Waals surface area contributed by atoms with Crippen molar-refractivity contribution in [3.8, 4) is 0 Å². The summed E-state index contributed by atoms with van der Waals surface area (Å²) in [6, 6.07) is 8.09. The van der Waals surface area contributed by atoms with E-state index in [-0.39, 0.29) is 11.6 Å². The number of aryl methyl sites for hydroxylation is 1. The molecule has 2 heteroatoms. The van der Waals surface area contributed by atoms with E-state index in [2.05, 4.69) is 12.1 Å². The average molecular weight is 201 g/mol. The van der Waals surface area contributed by atoms with Gasteiger partial charge in [-0.15, -0.1) is 0 Å². The van der Waals surface area contributed by atoms with E-state index in [4.69, 9.17) is 0 Å². The minimum atomic E-state index is 0.0723. The van der Waals surface area contributed by atoms with Gasteiger partial charge < -0.3 is 4.57 Å². The third-order valence-corrected chi connectivity index (χ3v) is 2.61. The van der Waals surface area contributed by atoms with Crippen LogP contribution in [0.15, 0.2) is 35.3 Å². The van der Waals surface area contributed by atoms with Crippen LogP contribution in [-0.2, 0) is 0 Å². The summed E-state index contributed by atoms with van der Waals surface area (Å²) >= 11 is 0. The Morgan fingerprint density at radius 2 is 1.87 bits per heavy atom. The number of rotatable bonds is 1. The molecule has 2 nitrogen and oxygen atoms in total. The Morgan fingerprint density at radius 3 is 2.53 bits per heavy atom. The summed E-state index contributed by atoms with van der Waals surface area (Å²) in [5.41, 5.74) is 1.26. The van der Waals surface area contributed by atoms with Crippen LogP contribution >= 0.6 is 0 Å². The van der Waals surface area contributed by atoms with Gasteiger partial charge in [0.2, 0.25) is 0 Å². The molecule has 2 aromatic rings. The number of benzene rings is 1. The van der Waals surface area contributed by atoms with Crippen LogP contribution in [0.1, 0.15) is 25.5 Å². The molecule has 0 radical (unpaired) electrons. The molecule has 2 rings (SSSR count). The maximum absolute atomic E-state index is 11.7. The van der Waals surface area contributed by atoms with Crippen LogP contribution in [-0.4, -0.2) is 4.57 Å². The number of hydrogen-bond donors (Lipinski definition) is 0. The Bertz CT molecular complexity index is 552. The first-order valence-corrected chi connectivity index (χ1v) is 5.20. The molecule has 0 aliphatic heterocycles. The monoisotopic (exact) mass is 201 g/mol. The van der Waals surface area contributed by atoms with Gasteiger partial charge in [-0.05, 0) is 31.5 Å². The topological polar surface area (TPSA) is 22.0 Å². The first-order valence-electron chi connectivity index (χ1n) is 5.20. The first-order chi connectivity index (χ1) is 7.08. The van der Waals surface area contributed by atoms with Crippen molar-refractivity contribution >= 4 is 10.8 Å². The zero-order valence-electron chi connectivity index (χ0n) is 9.32. The maximum atomic E-state index is 11.7. The first kappa shape index (κ1) is 9.97. The number of pyridine rings is 1. The fraction of sp³-hybridized carbons (Fsp3) is 0.308. The fourth-order valence-electron chi connectivity index (χ4n) is 1.76. The molecule has 0 atom stereocenters. The fourth-order valence-corrected chi connectivity index (χ4v) is 1.76. The summed E-state index contributed by atoms with van der Waals surface area (Å²) < 4.78 is 1.76. The molecule has 0 spiro atoms.